The van der Waals surface area contributed by atoms with E-state index in [0.717, 1.165) is 0 Å². The minimum atomic E-state index is -1.66. The van der Waals surface area contributed by atoms with Gasteiger partial charge in [-0.3, -0.25) is 0 Å². The van der Waals surface area contributed by atoms with Gasteiger partial charge < -0.3 is 54.7 Å². The van der Waals surface area contributed by atoms with Gasteiger partial charge in [0.25, 0.3) is 0 Å². The maximum Gasteiger partial charge on any atom is 0.186 e. The third-order valence-corrected chi connectivity index (χ3v) is 4.20. The zero-order valence-electron chi connectivity index (χ0n) is 13.0. The van der Waals surface area contributed by atoms with Gasteiger partial charge >= 0.3 is 0 Å². The van der Waals surface area contributed by atoms with Crippen molar-refractivity contribution in [2.24, 2.45) is 0 Å². The Labute approximate surface area is 137 Å². The van der Waals surface area contributed by atoms with E-state index in [-0.39, 0.29) is 6.61 Å². The summed E-state index contributed by atoms with van der Waals surface area (Å²) in [5, 5.41) is 67.3. The molecule has 2 aliphatic heterocycles. The molecule has 142 valence electrons. The van der Waals surface area contributed by atoms with Crippen molar-refractivity contribution in [3.8, 4) is 0 Å². The Hall–Kier alpha value is -0.440. The lowest BCUT2D eigenvalue weighted by Gasteiger charge is -2.42. The van der Waals surface area contributed by atoms with E-state index < -0.39 is 68.0 Å². The molecule has 0 aromatic carbocycles. The quantitative estimate of drug-likeness (QED) is 0.251. The lowest BCUT2D eigenvalue weighted by molar-refractivity contribution is -0.327. The van der Waals surface area contributed by atoms with Crippen LogP contribution in [0.2, 0.25) is 0 Å². The third-order valence-electron chi connectivity index (χ3n) is 4.20. The molecular formula is C13H24O11. The highest BCUT2D eigenvalue weighted by Gasteiger charge is 2.47. The monoisotopic (exact) mass is 356 g/mol. The summed E-state index contributed by atoms with van der Waals surface area (Å²) in [6.07, 6.45) is -13.9. The number of aliphatic hydroxyl groups excluding tert-OH is 7. The predicted molar refractivity (Wildman–Crippen MR) is 73.4 cm³/mol. The highest BCUT2D eigenvalue weighted by atomic mass is 16.7. The van der Waals surface area contributed by atoms with E-state index in [1.807, 2.05) is 0 Å². The lowest BCUT2D eigenvalue weighted by Crippen LogP contribution is -2.61. The van der Waals surface area contributed by atoms with Gasteiger partial charge in [-0.05, 0) is 0 Å². The Morgan fingerprint density at radius 1 is 0.792 bits per heavy atom. The van der Waals surface area contributed by atoms with E-state index in [1.54, 1.807) is 0 Å². The fourth-order valence-electron chi connectivity index (χ4n) is 2.74. The van der Waals surface area contributed by atoms with Crippen molar-refractivity contribution in [1.82, 2.24) is 0 Å². The molecule has 2 heterocycles. The maximum absolute atomic E-state index is 9.87. The molecule has 0 radical (unpaired) electrons. The van der Waals surface area contributed by atoms with Gasteiger partial charge in [0.05, 0.1) is 13.2 Å². The van der Waals surface area contributed by atoms with Gasteiger partial charge in [-0.15, -0.1) is 0 Å². The summed E-state index contributed by atoms with van der Waals surface area (Å²) in [7, 11) is 1.27. The van der Waals surface area contributed by atoms with Crippen LogP contribution in [0.15, 0.2) is 0 Å². The van der Waals surface area contributed by atoms with E-state index in [4.69, 9.17) is 24.1 Å². The summed E-state index contributed by atoms with van der Waals surface area (Å²) >= 11 is 0. The van der Waals surface area contributed by atoms with Gasteiger partial charge in [0, 0.05) is 7.11 Å². The van der Waals surface area contributed by atoms with Gasteiger partial charge in [-0.1, -0.05) is 0 Å². The average Bonchev–Trinajstić information content (AvgIpc) is 2.57. The van der Waals surface area contributed by atoms with Crippen LogP contribution < -0.4 is 0 Å². The summed E-state index contributed by atoms with van der Waals surface area (Å²) in [4.78, 5) is 0. The van der Waals surface area contributed by atoms with Crippen LogP contribution in [0.25, 0.3) is 0 Å². The molecule has 11 nitrogen and oxygen atoms in total. The molecule has 11 heteroatoms. The smallest absolute Gasteiger partial charge is 0.186 e. The van der Waals surface area contributed by atoms with Crippen molar-refractivity contribution in [2.45, 2.75) is 61.4 Å². The van der Waals surface area contributed by atoms with E-state index >= 15 is 0 Å². The molecule has 10 atom stereocenters. The van der Waals surface area contributed by atoms with Crippen molar-refractivity contribution < 1.29 is 54.7 Å². The molecular weight excluding hydrogens is 332 g/mol. The van der Waals surface area contributed by atoms with Gasteiger partial charge in [0.2, 0.25) is 0 Å². The first kappa shape index (κ1) is 19.9. The minimum Gasteiger partial charge on any atom is -0.394 e. The molecule has 0 bridgehead atoms. The molecule has 0 aromatic rings. The molecule has 0 aromatic heterocycles. The molecule has 0 aliphatic carbocycles. The van der Waals surface area contributed by atoms with Crippen LogP contribution in [0.4, 0.5) is 0 Å². The van der Waals surface area contributed by atoms with Gasteiger partial charge in [0.1, 0.15) is 48.8 Å². The van der Waals surface area contributed by atoms with Crippen LogP contribution in [-0.4, -0.2) is 117 Å². The molecule has 7 N–H and O–H groups in total. The molecule has 2 rings (SSSR count). The fraction of sp³-hybridized carbons (Fsp3) is 1.00. The topological polar surface area (TPSA) is 179 Å². The number of hydrogen-bond acceptors (Lipinski definition) is 11. The first-order chi connectivity index (χ1) is 11.3. The van der Waals surface area contributed by atoms with Crippen LogP contribution in [0.3, 0.4) is 0 Å². The SMILES string of the molecule is CO[C@H]1[C@H](O)[C@@H](O)C(O)O[C@@H]1CO[C@@H]1O[C@H](CO)[C@@H](O)[C@H](O)[C@H]1O. The molecule has 24 heavy (non-hydrogen) atoms. The van der Waals surface area contributed by atoms with Crippen LogP contribution in [0.1, 0.15) is 0 Å². The predicted octanol–water partition coefficient (Wildman–Crippen LogP) is -4.74. The Kier molecular flexibility index (Phi) is 6.87. The molecule has 2 fully saturated rings. The largest absolute Gasteiger partial charge is 0.394 e. The highest BCUT2D eigenvalue weighted by Crippen LogP contribution is 2.25. The Morgan fingerprint density at radius 3 is 2.04 bits per heavy atom. The van der Waals surface area contributed by atoms with Crippen molar-refractivity contribution >= 4 is 0 Å². The molecule has 0 amide bonds. The van der Waals surface area contributed by atoms with E-state index in [9.17, 15) is 30.6 Å². The third kappa shape index (κ3) is 3.86. The van der Waals surface area contributed by atoms with Gasteiger partial charge in [-0.25, -0.2) is 0 Å². The van der Waals surface area contributed by atoms with Gasteiger partial charge in [0.15, 0.2) is 12.6 Å². The standard InChI is InChI=1S/C13H24O11/c1-21-11-5(23-12(20)9(18)8(11)17)3-22-13-10(19)7(16)6(15)4(2-14)24-13/h4-20H,2-3H2,1H3/t4-,5-,6-,7+,8-,9-,10-,11-,12?,13-/m1/s1. The number of aliphatic hydroxyl groups is 7. The second-order valence-electron chi connectivity index (χ2n) is 5.78. The Balaban J connectivity index is 1.98. The van der Waals surface area contributed by atoms with E-state index in [0.29, 0.717) is 0 Å². The molecule has 1 unspecified atom stereocenters. The van der Waals surface area contributed by atoms with Crippen LogP contribution >= 0.6 is 0 Å². The number of ether oxygens (including phenoxy) is 4. The van der Waals surface area contributed by atoms with Crippen molar-refractivity contribution in [2.75, 3.05) is 20.3 Å². The normalized spacial score (nSPS) is 50.0. The summed E-state index contributed by atoms with van der Waals surface area (Å²) in [5.41, 5.74) is 0. The van der Waals surface area contributed by atoms with Gasteiger partial charge in [-0.2, -0.15) is 0 Å². The summed E-state index contributed by atoms with van der Waals surface area (Å²) < 4.78 is 20.6. The summed E-state index contributed by atoms with van der Waals surface area (Å²) in [5.74, 6) is 0. The maximum atomic E-state index is 9.87. The zero-order valence-corrected chi connectivity index (χ0v) is 13.0. The number of hydrogen-bond donors (Lipinski definition) is 7. The molecule has 0 saturated carbocycles. The summed E-state index contributed by atoms with van der Waals surface area (Å²) in [6.45, 7) is -0.933. The molecule has 2 saturated heterocycles. The van der Waals surface area contributed by atoms with Crippen molar-refractivity contribution in [3.63, 3.8) is 0 Å². The molecule has 2 aliphatic rings. The number of rotatable bonds is 5. The van der Waals surface area contributed by atoms with E-state index in [2.05, 4.69) is 0 Å². The highest BCUT2D eigenvalue weighted by molar-refractivity contribution is 4.91. The molecule has 0 spiro atoms. The second-order valence-corrected chi connectivity index (χ2v) is 5.78. The Bertz CT molecular complexity index is 394. The van der Waals surface area contributed by atoms with Crippen LogP contribution in [0, 0.1) is 0 Å². The zero-order chi connectivity index (χ0) is 18.0. The fourth-order valence-corrected chi connectivity index (χ4v) is 2.74. The average molecular weight is 356 g/mol. The van der Waals surface area contributed by atoms with Crippen LogP contribution in [0.5, 0.6) is 0 Å². The Morgan fingerprint density at radius 2 is 1.46 bits per heavy atom. The van der Waals surface area contributed by atoms with Crippen molar-refractivity contribution in [1.29, 1.82) is 0 Å². The van der Waals surface area contributed by atoms with Crippen molar-refractivity contribution in [3.05, 3.63) is 0 Å². The second kappa shape index (κ2) is 8.29. The van der Waals surface area contributed by atoms with E-state index in [1.165, 1.54) is 7.11 Å². The minimum absolute atomic E-state index is 0.331. The van der Waals surface area contributed by atoms with Crippen LogP contribution in [-0.2, 0) is 18.9 Å². The number of methoxy groups -OCH3 is 1. The lowest BCUT2D eigenvalue weighted by atomic mass is 9.98. The first-order valence-electron chi connectivity index (χ1n) is 7.46. The summed E-state index contributed by atoms with van der Waals surface area (Å²) in [6, 6.07) is 0. The first-order valence-corrected chi connectivity index (χ1v) is 7.46.